The highest BCUT2D eigenvalue weighted by Crippen LogP contribution is 2.15. The van der Waals surface area contributed by atoms with E-state index in [0.717, 1.165) is 16.2 Å². The normalized spacial score (nSPS) is 9.40. The Bertz CT molecular complexity index is 251. The summed E-state index contributed by atoms with van der Waals surface area (Å²) in [5, 5.41) is 0.724. The number of allylic oxidation sites excluding steroid dienone is 1. The first kappa shape index (κ1) is 7.36. The van der Waals surface area contributed by atoms with Gasteiger partial charge >= 0.3 is 0 Å². The smallest absolute Gasteiger partial charge is 0.0412 e. The lowest BCUT2D eigenvalue weighted by Gasteiger charge is -1.97. The largest absolute Gasteiger partial charge is 0.0952 e. The lowest BCUT2D eigenvalue weighted by atomic mass is 10.1. The van der Waals surface area contributed by atoms with Crippen LogP contribution in [0.2, 0.25) is 5.02 Å². The maximum absolute atomic E-state index is 5.72. The summed E-state index contributed by atoms with van der Waals surface area (Å²) in [6, 6.07) is 7.49. The van der Waals surface area contributed by atoms with Crippen molar-refractivity contribution in [1.29, 1.82) is 0 Å². The first-order valence-corrected chi connectivity index (χ1v) is 3.35. The maximum Gasteiger partial charge on any atom is 0.0412 e. The Labute approximate surface area is 66.1 Å². The lowest BCUT2D eigenvalue weighted by Crippen LogP contribution is -1.75. The second kappa shape index (κ2) is 2.89. The minimum Gasteiger partial charge on any atom is -0.0952 e. The zero-order valence-corrected chi connectivity index (χ0v) is 6.36. The molecule has 51 valence electrons. The van der Waals surface area contributed by atoms with Crippen LogP contribution in [0.5, 0.6) is 0 Å². The van der Waals surface area contributed by atoms with Crippen molar-refractivity contribution in [3.05, 3.63) is 48.4 Å². The molecule has 0 bridgehead atoms. The second-order valence-corrected chi connectivity index (χ2v) is 2.55. The molecule has 0 aliphatic heterocycles. The van der Waals surface area contributed by atoms with Gasteiger partial charge in [-0.3, -0.25) is 0 Å². The van der Waals surface area contributed by atoms with Gasteiger partial charge in [0.2, 0.25) is 0 Å². The third-order valence-electron chi connectivity index (χ3n) is 1.23. The Morgan fingerprint density at radius 2 is 2.10 bits per heavy atom. The van der Waals surface area contributed by atoms with Crippen molar-refractivity contribution >= 4 is 17.2 Å². The molecular weight excluding hydrogens is 144 g/mol. The first-order valence-electron chi connectivity index (χ1n) is 2.97. The van der Waals surface area contributed by atoms with Gasteiger partial charge in [0, 0.05) is 5.02 Å². The highest BCUT2D eigenvalue weighted by molar-refractivity contribution is 6.30. The number of benzene rings is 1. The van der Waals surface area contributed by atoms with Crippen LogP contribution in [0.15, 0.2) is 30.8 Å². The van der Waals surface area contributed by atoms with Crippen molar-refractivity contribution in [2.45, 2.75) is 0 Å². The molecule has 1 aromatic rings. The van der Waals surface area contributed by atoms with Crippen molar-refractivity contribution < 1.29 is 0 Å². The summed E-state index contributed by atoms with van der Waals surface area (Å²) < 4.78 is 0. The minimum atomic E-state index is 0.724. The van der Waals surface area contributed by atoms with Crippen molar-refractivity contribution in [1.82, 2.24) is 0 Å². The van der Waals surface area contributed by atoms with Gasteiger partial charge in [0.1, 0.15) is 0 Å². The molecule has 0 aromatic heterocycles. The third-order valence-corrected chi connectivity index (χ3v) is 1.47. The molecule has 0 aliphatic rings. The van der Waals surface area contributed by atoms with Gasteiger partial charge in [-0.15, -0.1) is 0 Å². The lowest BCUT2D eigenvalue weighted by molar-refractivity contribution is 1.63. The number of hydrogen-bond donors (Lipinski definition) is 0. The Hall–Kier alpha value is -0.750. The van der Waals surface area contributed by atoms with E-state index < -0.39 is 0 Å². The van der Waals surface area contributed by atoms with Crippen LogP contribution in [0, 0.1) is 6.92 Å². The van der Waals surface area contributed by atoms with Gasteiger partial charge in [-0.1, -0.05) is 30.3 Å². The van der Waals surface area contributed by atoms with E-state index in [1.807, 2.05) is 24.3 Å². The summed E-state index contributed by atoms with van der Waals surface area (Å²) in [5.41, 5.74) is 1.79. The van der Waals surface area contributed by atoms with Gasteiger partial charge in [-0.25, -0.2) is 0 Å². The molecule has 1 radical (unpaired) electrons. The molecule has 0 nitrogen and oxygen atoms in total. The maximum atomic E-state index is 5.72. The molecule has 0 atom stereocenters. The molecule has 0 saturated heterocycles. The summed E-state index contributed by atoms with van der Waals surface area (Å²) in [6.07, 6.45) is 0. The number of rotatable bonds is 1. The van der Waals surface area contributed by atoms with Crippen molar-refractivity contribution in [3.63, 3.8) is 0 Å². The van der Waals surface area contributed by atoms with Crippen LogP contribution >= 0.6 is 11.6 Å². The summed E-state index contributed by atoms with van der Waals surface area (Å²) in [5.74, 6) is 0. The summed E-state index contributed by atoms with van der Waals surface area (Å²) in [4.78, 5) is 0. The second-order valence-electron chi connectivity index (χ2n) is 2.11. The zero-order valence-electron chi connectivity index (χ0n) is 5.60. The average Bonchev–Trinajstić information content (AvgIpc) is 1.88. The summed E-state index contributed by atoms with van der Waals surface area (Å²) in [6.45, 7) is 7.39. The molecule has 1 aromatic carbocycles. The SMILES string of the molecule is [CH2]C(=C)c1cccc(Cl)c1. The zero-order chi connectivity index (χ0) is 7.56. The van der Waals surface area contributed by atoms with Crippen LogP contribution < -0.4 is 0 Å². The first-order chi connectivity index (χ1) is 4.70. The average molecular weight is 152 g/mol. The summed E-state index contributed by atoms with van der Waals surface area (Å²) >= 11 is 5.72. The Morgan fingerprint density at radius 3 is 2.50 bits per heavy atom. The molecule has 0 amide bonds. The van der Waals surface area contributed by atoms with E-state index in [1.165, 1.54) is 0 Å². The summed E-state index contributed by atoms with van der Waals surface area (Å²) in [7, 11) is 0. The monoisotopic (exact) mass is 151 g/mol. The van der Waals surface area contributed by atoms with E-state index in [4.69, 9.17) is 11.6 Å². The van der Waals surface area contributed by atoms with Crippen LogP contribution in [0.1, 0.15) is 5.56 Å². The van der Waals surface area contributed by atoms with Crippen molar-refractivity contribution in [2.24, 2.45) is 0 Å². The highest BCUT2D eigenvalue weighted by atomic mass is 35.5. The molecule has 10 heavy (non-hydrogen) atoms. The Kier molecular flexibility index (Phi) is 2.13. The Morgan fingerprint density at radius 1 is 1.40 bits per heavy atom. The van der Waals surface area contributed by atoms with Crippen molar-refractivity contribution in [2.75, 3.05) is 0 Å². The highest BCUT2D eigenvalue weighted by Gasteiger charge is 1.91. The van der Waals surface area contributed by atoms with Gasteiger partial charge in [0.15, 0.2) is 0 Å². The van der Waals surface area contributed by atoms with Crippen LogP contribution in [0.4, 0.5) is 0 Å². The van der Waals surface area contributed by atoms with Crippen molar-refractivity contribution in [3.8, 4) is 0 Å². The van der Waals surface area contributed by atoms with E-state index in [0.29, 0.717) is 0 Å². The molecule has 0 aliphatic carbocycles. The van der Waals surface area contributed by atoms with Gasteiger partial charge < -0.3 is 0 Å². The molecule has 1 heteroatoms. The number of hydrogen-bond acceptors (Lipinski definition) is 0. The van der Waals surface area contributed by atoms with E-state index in [9.17, 15) is 0 Å². The fourth-order valence-corrected chi connectivity index (χ4v) is 0.899. The molecule has 0 spiro atoms. The quantitative estimate of drug-likeness (QED) is 0.578. The third kappa shape index (κ3) is 1.61. The van der Waals surface area contributed by atoms with Gasteiger partial charge in [0.05, 0.1) is 0 Å². The van der Waals surface area contributed by atoms with Gasteiger partial charge in [-0.05, 0) is 30.2 Å². The van der Waals surface area contributed by atoms with E-state index in [2.05, 4.69) is 13.5 Å². The van der Waals surface area contributed by atoms with Gasteiger partial charge in [0.25, 0.3) is 0 Å². The minimum absolute atomic E-state index is 0.724. The standard InChI is InChI=1S/C9H8Cl/c1-7(2)8-4-3-5-9(10)6-8/h3-6H,1-2H2. The fraction of sp³-hybridized carbons (Fsp3) is 0. The van der Waals surface area contributed by atoms with Crippen LogP contribution in [-0.2, 0) is 0 Å². The molecule has 1 rings (SSSR count). The topological polar surface area (TPSA) is 0 Å². The molecular formula is C9H8Cl. The Balaban J connectivity index is 3.07. The fourth-order valence-electron chi connectivity index (χ4n) is 0.708. The van der Waals surface area contributed by atoms with E-state index in [1.54, 1.807) is 0 Å². The molecule has 0 unspecified atom stereocenters. The van der Waals surface area contributed by atoms with Gasteiger partial charge in [-0.2, -0.15) is 0 Å². The van der Waals surface area contributed by atoms with Crippen LogP contribution in [0.25, 0.3) is 5.57 Å². The van der Waals surface area contributed by atoms with Crippen LogP contribution in [0.3, 0.4) is 0 Å². The van der Waals surface area contributed by atoms with E-state index >= 15 is 0 Å². The van der Waals surface area contributed by atoms with E-state index in [-0.39, 0.29) is 0 Å². The van der Waals surface area contributed by atoms with Crippen LogP contribution in [-0.4, -0.2) is 0 Å². The molecule has 0 N–H and O–H groups in total. The molecule has 0 heterocycles. The number of halogens is 1. The predicted octanol–water partition coefficient (Wildman–Crippen LogP) is 3.19. The molecule has 0 saturated carbocycles. The predicted molar refractivity (Wildman–Crippen MR) is 45.8 cm³/mol. The molecule has 0 fully saturated rings.